The summed E-state index contributed by atoms with van der Waals surface area (Å²) < 4.78 is 26.6. The first-order valence-electron chi connectivity index (χ1n) is 8.61. The van der Waals surface area contributed by atoms with Gasteiger partial charge in [-0.25, -0.2) is 13.8 Å². The fraction of sp³-hybridized carbons (Fsp3) is 0.263. The van der Waals surface area contributed by atoms with Crippen molar-refractivity contribution in [3.63, 3.8) is 0 Å². The number of nitrogens with zero attached hydrogens (tertiary/aromatic N) is 2. The third-order valence-corrected chi connectivity index (χ3v) is 6.89. The fourth-order valence-corrected chi connectivity index (χ4v) is 4.30. The average molecular weight is 442 g/mol. The number of carbonyl (C=O) groups is 1. The van der Waals surface area contributed by atoms with Crippen LogP contribution in [-0.2, 0) is 10.0 Å². The lowest BCUT2D eigenvalue weighted by Crippen LogP contribution is -2.30. The average Bonchev–Trinajstić information content (AvgIpc) is 2.68. The van der Waals surface area contributed by atoms with Crippen molar-refractivity contribution < 1.29 is 13.2 Å². The molecule has 0 saturated heterocycles. The van der Waals surface area contributed by atoms with Crippen molar-refractivity contribution in [2.24, 2.45) is 5.10 Å². The number of sulfonamides is 1. The van der Waals surface area contributed by atoms with Gasteiger partial charge in [-0.3, -0.25) is 4.79 Å². The molecule has 0 unspecified atom stereocenters. The molecule has 1 N–H and O–H groups in total. The zero-order chi connectivity index (χ0) is 20.9. The predicted molar refractivity (Wildman–Crippen MR) is 113 cm³/mol. The SMILES string of the molecule is CCN(CC)S(=O)(=O)c1cccc(C(=O)N/N=C(/C)c2ccc(Cl)c(Cl)c2)c1. The van der Waals surface area contributed by atoms with Gasteiger partial charge in [0, 0.05) is 18.7 Å². The van der Waals surface area contributed by atoms with E-state index >= 15 is 0 Å². The Bertz CT molecular complexity index is 1000. The van der Waals surface area contributed by atoms with Crippen LogP contribution in [0.2, 0.25) is 10.0 Å². The van der Waals surface area contributed by atoms with Gasteiger partial charge in [-0.1, -0.05) is 49.2 Å². The van der Waals surface area contributed by atoms with Gasteiger partial charge in [-0.2, -0.15) is 9.41 Å². The molecule has 0 radical (unpaired) electrons. The molecule has 0 bridgehead atoms. The molecule has 2 aromatic carbocycles. The van der Waals surface area contributed by atoms with Crippen molar-refractivity contribution in [2.45, 2.75) is 25.7 Å². The van der Waals surface area contributed by atoms with Crippen LogP contribution in [0.15, 0.2) is 52.5 Å². The van der Waals surface area contributed by atoms with Crippen LogP contribution in [0, 0.1) is 0 Å². The molecule has 0 aromatic heterocycles. The van der Waals surface area contributed by atoms with Gasteiger partial charge < -0.3 is 0 Å². The molecule has 2 rings (SSSR count). The Kier molecular flexibility index (Phi) is 7.60. The molecule has 150 valence electrons. The number of hydrogen-bond donors (Lipinski definition) is 1. The number of hydrazone groups is 1. The molecule has 9 heteroatoms. The van der Waals surface area contributed by atoms with Crippen LogP contribution in [0.4, 0.5) is 0 Å². The fourth-order valence-electron chi connectivity index (χ4n) is 2.50. The Balaban J connectivity index is 2.22. The Morgan fingerprint density at radius 1 is 1.04 bits per heavy atom. The van der Waals surface area contributed by atoms with Crippen molar-refractivity contribution in [3.05, 3.63) is 63.6 Å². The molecule has 0 aliphatic heterocycles. The summed E-state index contributed by atoms with van der Waals surface area (Å²) in [6.07, 6.45) is 0. The number of carbonyl (C=O) groups excluding carboxylic acids is 1. The van der Waals surface area contributed by atoms with E-state index in [1.807, 2.05) is 0 Å². The molecule has 0 aliphatic rings. The van der Waals surface area contributed by atoms with Gasteiger partial charge in [0.1, 0.15) is 0 Å². The highest BCUT2D eigenvalue weighted by Gasteiger charge is 2.22. The van der Waals surface area contributed by atoms with Gasteiger partial charge in [0.25, 0.3) is 5.91 Å². The maximum Gasteiger partial charge on any atom is 0.271 e. The van der Waals surface area contributed by atoms with Crippen molar-refractivity contribution in [3.8, 4) is 0 Å². The van der Waals surface area contributed by atoms with E-state index in [9.17, 15) is 13.2 Å². The van der Waals surface area contributed by atoms with E-state index in [2.05, 4.69) is 10.5 Å². The summed E-state index contributed by atoms with van der Waals surface area (Å²) in [5, 5.41) is 4.86. The number of rotatable bonds is 7. The molecule has 0 atom stereocenters. The summed E-state index contributed by atoms with van der Waals surface area (Å²) in [7, 11) is -3.65. The molecule has 2 aromatic rings. The van der Waals surface area contributed by atoms with Crippen molar-refractivity contribution in [2.75, 3.05) is 13.1 Å². The second-order valence-corrected chi connectivity index (χ2v) is 8.64. The lowest BCUT2D eigenvalue weighted by Gasteiger charge is -2.18. The van der Waals surface area contributed by atoms with Crippen LogP contribution in [0.1, 0.15) is 36.7 Å². The van der Waals surface area contributed by atoms with E-state index in [0.29, 0.717) is 34.4 Å². The van der Waals surface area contributed by atoms with Crippen LogP contribution in [-0.4, -0.2) is 37.4 Å². The number of halogens is 2. The Labute approximate surface area is 175 Å². The normalized spacial score (nSPS) is 12.3. The molecule has 28 heavy (non-hydrogen) atoms. The van der Waals surface area contributed by atoms with E-state index < -0.39 is 15.9 Å². The first-order chi connectivity index (χ1) is 13.2. The summed E-state index contributed by atoms with van der Waals surface area (Å²) in [6, 6.07) is 10.9. The van der Waals surface area contributed by atoms with Crippen LogP contribution >= 0.6 is 23.2 Å². The number of nitrogens with one attached hydrogen (secondary N) is 1. The highest BCUT2D eigenvalue weighted by Crippen LogP contribution is 2.23. The lowest BCUT2D eigenvalue weighted by molar-refractivity contribution is 0.0954. The maximum absolute atomic E-state index is 12.6. The minimum atomic E-state index is -3.65. The van der Waals surface area contributed by atoms with E-state index in [-0.39, 0.29) is 10.5 Å². The Morgan fingerprint density at radius 3 is 2.32 bits per heavy atom. The first-order valence-corrected chi connectivity index (χ1v) is 10.8. The standard InChI is InChI=1S/C19H21Cl2N3O3S/c1-4-24(5-2)28(26,27)16-8-6-7-15(11-16)19(25)23-22-13(3)14-9-10-17(20)18(21)12-14/h6-12H,4-5H2,1-3H3,(H,23,25)/b22-13-. The number of hydrogen-bond acceptors (Lipinski definition) is 4. The van der Waals surface area contributed by atoms with Gasteiger partial charge in [-0.15, -0.1) is 0 Å². The van der Waals surface area contributed by atoms with Crippen molar-refractivity contribution in [1.82, 2.24) is 9.73 Å². The topological polar surface area (TPSA) is 78.8 Å². The van der Waals surface area contributed by atoms with Crippen LogP contribution in [0.25, 0.3) is 0 Å². The van der Waals surface area contributed by atoms with Crippen molar-refractivity contribution in [1.29, 1.82) is 0 Å². The summed E-state index contributed by atoms with van der Waals surface area (Å²) in [6.45, 7) is 5.93. The highest BCUT2D eigenvalue weighted by molar-refractivity contribution is 7.89. The third kappa shape index (κ3) is 5.11. The largest absolute Gasteiger partial charge is 0.271 e. The molecule has 6 nitrogen and oxygen atoms in total. The summed E-state index contributed by atoms with van der Waals surface area (Å²) in [4.78, 5) is 12.5. The van der Waals surface area contributed by atoms with Gasteiger partial charge >= 0.3 is 0 Å². The molecule has 0 fully saturated rings. The molecule has 0 saturated carbocycles. The minimum absolute atomic E-state index is 0.0639. The van der Waals surface area contributed by atoms with Gasteiger partial charge in [0.15, 0.2) is 0 Å². The first kappa shape index (κ1) is 22.4. The van der Waals surface area contributed by atoms with Crippen LogP contribution in [0.3, 0.4) is 0 Å². The molecule has 0 heterocycles. The van der Waals surface area contributed by atoms with Gasteiger partial charge in [0.2, 0.25) is 10.0 Å². The van der Waals surface area contributed by atoms with E-state index in [4.69, 9.17) is 23.2 Å². The zero-order valence-electron chi connectivity index (χ0n) is 15.7. The lowest BCUT2D eigenvalue weighted by atomic mass is 10.1. The molecule has 1 amide bonds. The minimum Gasteiger partial charge on any atom is -0.267 e. The van der Waals surface area contributed by atoms with E-state index in [1.165, 1.54) is 28.6 Å². The van der Waals surface area contributed by atoms with E-state index in [0.717, 1.165) is 0 Å². The Hall–Kier alpha value is -1.93. The zero-order valence-corrected chi connectivity index (χ0v) is 18.1. The van der Waals surface area contributed by atoms with Crippen molar-refractivity contribution >= 4 is 44.8 Å². The van der Waals surface area contributed by atoms with Gasteiger partial charge in [-0.05, 0) is 42.8 Å². The Morgan fingerprint density at radius 2 is 1.71 bits per heavy atom. The summed E-state index contributed by atoms with van der Waals surface area (Å²) >= 11 is 11.9. The molecular formula is C19H21Cl2N3O3S. The quantitative estimate of drug-likeness (QED) is 0.516. The molecule has 0 aliphatic carbocycles. The summed E-state index contributed by atoms with van der Waals surface area (Å²) in [5.41, 5.74) is 3.85. The van der Waals surface area contributed by atoms with Gasteiger partial charge in [0.05, 0.1) is 20.7 Å². The third-order valence-electron chi connectivity index (χ3n) is 4.10. The number of benzene rings is 2. The van der Waals surface area contributed by atoms with E-state index in [1.54, 1.807) is 39.0 Å². The maximum atomic E-state index is 12.6. The number of amides is 1. The molecular weight excluding hydrogens is 421 g/mol. The van der Waals surface area contributed by atoms with Crippen LogP contribution in [0.5, 0.6) is 0 Å². The van der Waals surface area contributed by atoms with Crippen LogP contribution < -0.4 is 5.43 Å². The smallest absolute Gasteiger partial charge is 0.267 e. The predicted octanol–water partition coefficient (Wildman–Crippen LogP) is 4.18. The molecule has 0 spiro atoms. The monoisotopic (exact) mass is 441 g/mol. The second-order valence-electron chi connectivity index (χ2n) is 5.88. The second kappa shape index (κ2) is 9.52. The summed E-state index contributed by atoms with van der Waals surface area (Å²) in [5.74, 6) is -0.518. The highest BCUT2D eigenvalue weighted by atomic mass is 35.5.